The molecule has 0 radical (unpaired) electrons. The zero-order chi connectivity index (χ0) is 22.4. The molecular weight excluding hydrogens is 436 g/mol. The van der Waals surface area contributed by atoms with Gasteiger partial charge in [0.15, 0.2) is 0 Å². The fourth-order valence-electron chi connectivity index (χ4n) is 3.68. The van der Waals surface area contributed by atoms with Gasteiger partial charge in [0.25, 0.3) is 0 Å². The van der Waals surface area contributed by atoms with Crippen molar-refractivity contribution in [3.63, 3.8) is 0 Å². The van der Waals surface area contributed by atoms with Gasteiger partial charge >= 0.3 is 0 Å². The molecule has 2 aromatic carbocycles. The molecule has 3 rings (SSSR count). The maximum Gasteiger partial charge on any atom is 0.224 e. The second-order valence-electron chi connectivity index (χ2n) is 7.99. The van der Waals surface area contributed by atoms with Gasteiger partial charge in [-0.3, -0.25) is 4.79 Å². The number of ether oxygens (including phenoxy) is 1. The number of hydrogen-bond acceptors (Lipinski definition) is 4. The highest BCUT2D eigenvalue weighted by Gasteiger charge is 2.32. The number of nitrogens with zero attached hydrogens (tertiary/aromatic N) is 1. The van der Waals surface area contributed by atoms with Crippen LogP contribution in [0.25, 0.3) is 0 Å². The minimum atomic E-state index is -3.52. The van der Waals surface area contributed by atoms with Gasteiger partial charge < -0.3 is 10.1 Å². The van der Waals surface area contributed by atoms with Crippen LogP contribution in [0.2, 0.25) is 5.02 Å². The third-order valence-electron chi connectivity index (χ3n) is 5.39. The molecule has 1 heterocycles. The SMILES string of the molecule is Cc1ccc(C)c(OCCNC(=O)[C@H]2CCCN(S(=O)(=O)Cc3cccc(Cl)c3)C2)c1. The molecule has 0 saturated carbocycles. The van der Waals surface area contributed by atoms with Gasteiger partial charge in [-0.25, -0.2) is 12.7 Å². The van der Waals surface area contributed by atoms with Crippen LogP contribution in [-0.4, -0.2) is 44.9 Å². The summed E-state index contributed by atoms with van der Waals surface area (Å²) in [6, 6.07) is 12.9. The van der Waals surface area contributed by atoms with Gasteiger partial charge in [-0.15, -0.1) is 0 Å². The Morgan fingerprint density at radius 1 is 1.23 bits per heavy atom. The topological polar surface area (TPSA) is 75.7 Å². The largest absolute Gasteiger partial charge is 0.491 e. The Kier molecular flexibility index (Phi) is 7.97. The molecule has 0 spiro atoms. The molecule has 0 bridgehead atoms. The first kappa shape index (κ1) is 23.6. The standard InChI is InChI=1S/C23H29ClN2O4S/c1-17-8-9-18(2)22(13-17)30-12-10-25-23(27)20-6-4-11-26(15-20)31(28,29)16-19-5-3-7-21(24)14-19/h3,5,7-9,13-14,20H,4,6,10-12,15-16H2,1-2H3,(H,25,27)/t20-/m0/s1. The predicted octanol–water partition coefficient (Wildman–Crippen LogP) is 3.69. The number of carbonyl (C=O) groups is 1. The van der Waals surface area contributed by atoms with E-state index in [4.69, 9.17) is 16.3 Å². The second-order valence-corrected chi connectivity index (χ2v) is 10.4. The van der Waals surface area contributed by atoms with Gasteiger partial charge in [0, 0.05) is 18.1 Å². The van der Waals surface area contributed by atoms with Gasteiger partial charge in [0.05, 0.1) is 18.2 Å². The summed E-state index contributed by atoms with van der Waals surface area (Å²) in [5, 5.41) is 3.39. The van der Waals surface area contributed by atoms with Crippen molar-refractivity contribution in [2.75, 3.05) is 26.2 Å². The smallest absolute Gasteiger partial charge is 0.224 e. The van der Waals surface area contributed by atoms with E-state index in [0.29, 0.717) is 43.1 Å². The Bertz CT molecular complexity index is 1030. The number of carbonyl (C=O) groups excluding carboxylic acids is 1. The highest BCUT2D eigenvalue weighted by atomic mass is 35.5. The van der Waals surface area contributed by atoms with Crippen LogP contribution in [0.15, 0.2) is 42.5 Å². The minimum Gasteiger partial charge on any atom is -0.491 e. The van der Waals surface area contributed by atoms with Crippen molar-refractivity contribution in [1.29, 1.82) is 0 Å². The van der Waals surface area contributed by atoms with Crippen LogP contribution in [0, 0.1) is 19.8 Å². The van der Waals surface area contributed by atoms with E-state index in [1.165, 1.54) is 4.31 Å². The number of halogens is 1. The summed E-state index contributed by atoms with van der Waals surface area (Å²) in [7, 11) is -3.52. The number of benzene rings is 2. The van der Waals surface area contributed by atoms with Gasteiger partial charge in [0.2, 0.25) is 15.9 Å². The van der Waals surface area contributed by atoms with Crippen molar-refractivity contribution < 1.29 is 17.9 Å². The predicted molar refractivity (Wildman–Crippen MR) is 123 cm³/mol. The van der Waals surface area contributed by atoms with Crippen LogP contribution in [0.1, 0.15) is 29.5 Å². The zero-order valence-electron chi connectivity index (χ0n) is 17.9. The number of amides is 1. The Morgan fingerprint density at radius 3 is 2.81 bits per heavy atom. The van der Waals surface area contributed by atoms with Crippen LogP contribution in [0.5, 0.6) is 5.75 Å². The van der Waals surface area contributed by atoms with E-state index < -0.39 is 10.0 Å². The number of hydrogen-bond donors (Lipinski definition) is 1. The third-order valence-corrected chi connectivity index (χ3v) is 7.44. The minimum absolute atomic E-state index is 0.119. The van der Waals surface area contributed by atoms with E-state index in [0.717, 1.165) is 16.9 Å². The average molecular weight is 465 g/mol. The number of piperidine rings is 1. The number of nitrogens with one attached hydrogen (secondary N) is 1. The summed E-state index contributed by atoms with van der Waals surface area (Å²) >= 11 is 5.97. The highest BCUT2D eigenvalue weighted by Crippen LogP contribution is 2.23. The van der Waals surface area contributed by atoms with Gasteiger partial charge in [-0.1, -0.05) is 35.9 Å². The molecule has 2 aromatic rings. The molecule has 1 fully saturated rings. The molecule has 1 aliphatic rings. The number of rotatable bonds is 8. The van der Waals surface area contributed by atoms with E-state index in [9.17, 15) is 13.2 Å². The fraction of sp³-hybridized carbons (Fsp3) is 0.435. The van der Waals surface area contributed by atoms with Gasteiger partial charge in [-0.05, 0) is 61.6 Å². The van der Waals surface area contributed by atoms with E-state index in [-0.39, 0.29) is 24.1 Å². The second kappa shape index (κ2) is 10.5. The Labute approximate surface area is 189 Å². The van der Waals surface area contributed by atoms with E-state index in [2.05, 4.69) is 5.32 Å². The zero-order valence-corrected chi connectivity index (χ0v) is 19.5. The lowest BCUT2D eigenvalue weighted by atomic mass is 9.99. The summed E-state index contributed by atoms with van der Waals surface area (Å²) in [5.41, 5.74) is 2.80. The molecule has 0 aliphatic carbocycles. The maximum absolute atomic E-state index is 12.8. The quantitative estimate of drug-likeness (QED) is 0.604. The molecule has 31 heavy (non-hydrogen) atoms. The highest BCUT2D eigenvalue weighted by molar-refractivity contribution is 7.88. The molecule has 8 heteroatoms. The van der Waals surface area contributed by atoms with Gasteiger partial charge in [-0.2, -0.15) is 0 Å². The lowest BCUT2D eigenvalue weighted by molar-refractivity contribution is -0.126. The lowest BCUT2D eigenvalue weighted by Gasteiger charge is -2.31. The van der Waals surface area contributed by atoms with Crippen LogP contribution >= 0.6 is 11.6 Å². The van der Waals surface area contributed by atoms with Crippen LogP contribution < -0.4 is 10.1 Å². The molecular formula is C23H29ClN2O4S. The lowest BCUT2D eigenvalue weighted by Crippen LogP contribution is -2.46. The first-order valence-electron chi connectivity index (χ1n) is 10.4. The molecule has 0 aromatic heterocycles. The van der Waals surface area contributed by atoms with Crippen molar-refractivity contribution in [2.24, 2.45) is 5.92 Å². The van der Waals surface area contributed by atoms with Crippen molar-refractivity contribution in [2.45, 2.75) is 32.4 Å². The van der Waals surface area contributed by atoms with E-state index in [1.807, 2.05) is 32.0 Å². The average Bonchev–Trinajstić information content (AvgIpc) is 2.73. The van der Waals surface area contributed by atoms with Crippen LogP contribution in [0.4, 0.5) is 0 Å². The van der Waals surface area contributed by atoms with Gasteiger partial charge in [0.1, 0.15) is 12.4 Å². The van der Waals surface area contributed by atoms with Crippen molar-refractivity contribution in [3.05, 3.63) is 64.2 Å². The molecule has 1 atom stereocenters. The Balaban J connectivity index is 1.50. The summed E-state index contributed by atoms with van der Waals surface area (Å²) in [6.45, 7) is 5.35. The molecule has 1 aliphatic heterocycles. The van der Waals surface area contributed by atoms with Crippen molar-refractivity contribution in [1.82, 2.24) is 9.62 Å². The van der Waals surface area contributed by atoms with Crippen LogP contribution in [0.3, 0.4) is 0 Å². The number of sulfonamides is 1. The summed E-state index contributed by atoms with van der Waals surface area (Å²) < 4.78 is 32.9. The van der Waals surface area contributed by atoms with Crippen LogP contribution in [-0.2, 0) is 20.6 Å². The number of aryl methyl sites for hydroxylation is 2. The molecule has 1 amide bonds. The summed E-state index contributed by atoms with van der Waals surface area (Å²) in [6.07, 6.45) is 1.33. The third kappa shape index (κ3) is 6.69. The Morgan fingerprint density at radius 2 is 2.03 bits per heavy atom. The monoisotopic (exact) mass is 464 g/mol. The van der Waals surface area contributed by atoms with E-state index >= 15 is 0 Å². The fourth-order valence-corrected chi connectivity index (χ4v) is 5.49. The first-order chi connectivity index (χ1) is 14.7. The maximum atomic E-state index is 12.8. The normalized spacial score (nSPS) is 17.3. The molecule has 0 unspecified atom stereocenters. The van der Waals surface area contributed by atoms with Crippen molar-refractivity contribution >= 4 is 27.5 Å². The first-order valence-corrected chi connectivity index (χ1v) is 12.4. The molecule has 168 valence electrons. The van der Waals surface area contributed by atoms with E-state index in [1.54, 1.807) is 24.3 Å². The molecule has 6 nitrogen and oxygen atoms in total. The molecule has 1 N–H and O–H groups in total. The summed E-state index contributed by atoms with van der Waals surface area (Å²) in [5.74, 6) is 0.201. The Hall–Kier alpha value is -2.09. The summed E-state index contributed by atoms with van der Waals surface area (Å²) in [4.78, 5) is 12.6. The van der Waals surface area contributed by atoms with Crippen molar-refractivity contribution in [3.8, 4) is 5.75 Å². The molecule has 1 saturated heterocycles.